The molecule has 0 spiro atoms. The summed E-state index contributed by atoms with van der Waals surface area (Å²) < 4.78 is 0. The molecule has 0 unspecified atom stereocenters. The average Bonchev–Trinajstić information content (AvgIpc) is 3.02. The number of likely N-dealkylation sites (tertiary alicyclic amines) is 1. The maximum Gasteiger partial charge on any atom is 0.224 e. The second kappa shape index (κ2) is 7.78. The lowest BCUT2D eigenvalue weighted by molar-refractivity contribution is -0.116. The Morgan fingerprint density at radius 1 is 1.26 bits per heavy atom. The molecule has 2 atom stereocenters. The lowest BCUT2D eigenvalue weighted by Gasteiger charge is -2.30. The number of nitrogens with zero attached hydrogens (tertiary/aromatic N) is 1. The largest absolute Gasteiger partial charge is 0.326 e. The molecule has 1 aliphatic carbocycles. The van der Waals surface area contributed by atoms with E-state index in [1.807, 2.05) is 12.1 Å². The normalized spacial score (nSPS) is 24.7. The molecule has 1 saturated heterocycles. The summed E-state index contributed by atoms with van der Waals surface area (Å²) in [5.41, 5.74) is 2.24. The number of anilines is 1. The first-order valence-corrected chi connectivity index (χ1v) is 8.97. The van der Waals surface area contributed by atoms with E-state index in [9.17, 15) is 4.79 Å². The van der Waals surface area contributed by atoms with Gasteiger partial charge in [0.2, 0.25) is 5.91 Å². The van der Waals surface area contributed by atoms with Gasteiger partial charge < -0.3 is 5.32 Å². The zero-order valence-corrected chi connectivity index (χ0v) is 14.1. The van der Waals surface area contributed by atoms with Crippen LogP contribution in [0.25, 0.3) is 0 Å². The average molecular weight is 312 g/mol. The Hall–Kier alpha value is -1.61. The van der Waals surface area contributed by atoms with Crippen LogP contribution >= 0.6 is 0 Å². The van der Waals surface area contributed by atoms with E-state index in [2.05, 4.69) is 41.4 Å². The molecule has 3 heteroatoms. The molecule has 0 saturated carbocycles. The molecule has 1 fully saturated rings. The molecule has 0 aromatic heterocycles. The molecular formula is C20H28N2O. The highest BCUT2D eigenvalue weighted by molar-refractivity contribution is 5.91. The summed E-state index contributed by atoms with van der Waals surface area (Å²) in [4.78, 5) is 14.6. The second-order valence-corrected chi connectivity index (χ2v) is 7.20. The Morgan fingerprint density at radius 3 is 2.78 bits per heavy atom. The smallest absolute Gasteiger partial charge is 0.224 e. The number of nitrogens with one attached hydrogen (secondary N) is 1. The number of piperidine rings is 1. The van der Waals surface area contributed by atoms with Gasteiger partial charge in [-0.2, -0.15) is 0 Å². The van der Waals surface area contributed by atoms with Crippen LogP contribution in [0.1, 0.15) is 44.6 Å². The van der Waals surface area contributed by atoms with E-state index in [0.717, 1.165) is 31.0 Å². The van der Waals surface area contributed by atoms with Crippen molar-refractivity contribution in [2.24, 2.45) is 11.8 Å². The summed E-state index contributed by atoms with van der Waals surface area (Å²) in [7, 11) is 0. The van der Waals surface area contributed by atoms with E-state index in [-0.39, 0.29) is 5.91 Å². The summed E-state index contributed by atoms with van der Waals surface area (Å²) in [5.74, 6) is 1.36. The topological polar surface area (TPSA) is 32.3 Å². The van der Waals surface area contributed by atoms with Gasteiger partial charge in [0.15, 0.2) is 0 Å². The van der Waals surface area contributed by atoms with Crippen molar-refractivity contribution in [3.63, 3.8) is 0 Å². The molecule has 1 amide bonds. The monoisotopic (exact) mass is 312 g/mol. The highest BCUT2D eigenvalue weighted by Crippen LogP contribution is 2.22. The van der Waals surface area contributed by atoms with E-state index in [0.29, 0.717) is 12.3 Å². The van der Waals surface area contributed by atoms with Gasteiger partial charge >= 0.3 is 0 Å². The molecule has 3 nitrogen and oxygen atoms in total. The van der Waals surface area contributed by atoms with Crippen molar-refractivity contribution < 1.29 is 4.79 Å². The fraction of sp³-hybridized carbons (Fsp3) is 0.550. The molecular weight excluding hydrogens is 284 g/mol. The first kappa shape index (κ1) is 16.3. The van der Waals surface area contributed by atoms with Crippen LogP contribution in [0.4, 0.5) is 5.69 Å². The molecule has 2 aliphatic rings. The quantitative estimate of drug-likeness (QED) is 0.826. The predicted octanol–water partition coefficient (Wildman–Crippen LogP) is 4.21. The van der Waals surface area contributed by atoms with Crippen molar-refractivity contribution in [2.45, 2.75) is 45.6 Å². The third kappa shape index (κ3) is 4.93. The van der Waals surface area contributed by atoms with Gasteiger partial charge in [-0.05, 0) is 61.8 Å². The molecule has 124 valence electrons. The van der Waals surface area contributed by atoms with Crippen LogP contribution in [0.2, 0.25) is 0 Å². The first-order chi connectivity index (χ1) is 11.2. The lowest BCUT2D eigenvalue weighted by Crippen LogP contribution is -2.33. The highest BCUT2D eigenvalue weighted by atomic mass is 16.1. The Labute approximate surface area is 139 Å². The van der Waals surface area contributed by atoms with Crippen LogP contribution in [-0.2, 0) is 11.3 Å². The summed E-state index contributed by atoms with van der Waals surface area (Å²) in [6, 6.07) is 8.35. The van der Waals surface area contributed by atoms with E-state index >= 15 is 0 Å². The number of hydrogen-bond acceptors (Lipinski definition) is 2. The van der Waals surface area contributed by atoms with Crippen molar-refractivity contribution in [1.82, 2.24) is 4.90 Å². The third-order valence-electron chi connectivity index (χ3n) is 4.94. The molecule has 0 bridgehead atoms. The zero-order chi connectivity index (χ0) is 16.1. The maximum absolute atomic E-state index is 12.1. The number of benzene rings is 1. The molecule has 1 aliphatic heterocycles. The SMILES string of the molecule is C[C@@H]1CCCN(Cc2ccc(NC(=O)C[C@@H]3C=CCC3)cc2)C1. The molecule has 1 N–H and O–H groups in total. The molecule has 1 heterocycles. The van der Waals surface area contributed by atoms with E-state index in [1.54, 1.807) is 0 Å². The predicted molar refractivity (Wildman–Crippen MR) is 95.2 cm³/mol. The van der Waals surface area contributed by atoms with Crippen LogP contribution in [0, 0.1) is 11.8 Å². The summed E-state index contributed by atoms with van der Waals surface area (Å²) in [5, 5.41) is 3.02. The van der Waals surface area contributed by atoms with Gasteiger partial charge in [0.05, 0.1) is 0 Å². The molecule has 0 radical (unpaired) electrons. The van der Waals surface area contributed by atoms with Gasteiger partial charge in [-0.25, -0.2) is 0 Å². The van der Waals surface area contributed by atoms with Crippen molar-refractivity contribution >= 4 is 11.6 Å². The molecule has 1 aromatic carbocycles. The number of rotatable bonds is 5. The number of allylic oxidation sites excluding steroid dienone is 2. The minimum atomic E-state index is 0.124. The minimum absolute atomic E-state index is 0.124. The van der Waals surface area contributed by atoms with Crippen LogP contribution < -0.4 is 5.32 Å². The Kier molecular flexibility index (Phi) is 5.50. The van der Waals surface area contributed by atoms with Crippen LogP contribution in [0.3, 0.4) is 0 Å². The Bertz CT molecular complexity index is 549. The fourth-order valence-electron chi connectivity index (χ4n) is 3.70. The van der Waals surface area contributed by atoms with Crippen LogP contribution in [-0.4, -0.2) is 23.9 Å². The van der Waals surface area contributed by atoms with Crippen molar-refractivity contribution in [3.05, 3.63) is 42.0 Å². The third-order valence-corrected chi connectivity index (χ3v) is 4.94. The number of amides is 1. The highest BCUT2D eigenvalue weighted by Gasteiger charge is 2.16. The van der Waals surface area contributed by atoms with E-state index < -0.39 is 0 Å². The van der Waals surface area contributed by atoms with Crippen molar-refractivity contribution in [3.8, 4) is 0 Å². The number of carbonyl (C=O) groups excluding carboxylic acids is 1. The van der Waals surface area contributed by atoms with Gasteiger partial charge in [-0.15, -0.1) is 0 Å². The van der Waals surface area contributed by atoms with Crippen molar-refractivity contribution in [1.29, 1.82) is 0 Å². The Balaban J connectivity index is 1.48. The van der Waals surface area contributed by atoms with Gasteiger partial charge in [0, 0.05) is 25.2 Å². The zero-order valence-electron chi connectivity index (χ0n) is 14.1. The van der Waals surface area contributed by atoms with Crippen molar-refractivity contribution in [2.75, 3.05) is 18.4 Å². The summed E-state index contributed by atoms with van der Waals surface area (Å²) in [6.07, 6.45) is 9.84. The van der Waals surface area contributed by atoms with E-state index in [1.165, 1.54) is 31.5 Å². The van der Waals surface area contributed by atoms with Crippen LogP contribution in [0.5, 0.6) is 0 Å². The summed E-state index contributed by atoms with van der Waals surface area (Å²) in [6.45, 7) is 5.76. The molecule has 3 rings (SSSR count). The fourth-order valence-corrected chi connectivity index (χ4v) is 3.70. The minimum Gasteiger partial charge on any atom is -0.326 e. The Morgan fingerprint density at radius 2 is 2.09 bits per heavy atom. The van der Waals surface area contributed by atoms with Gasteiger partial charge in [-0.3, -0.25) is 9.69 Å². The number of carbonyl (C=O) groups is 1. The number of hydrogen-bond donors (Lipinski definition) is 1. The molecule has 1 aromatic rings. The lowest BCUT2D eigenvalue weighted by atomic mass is 10.00. The van der Waals surface area contributed by atoms with Crippen LogP contribution in [0.15, 0.2) is 36.4 Å². The molecule has 23 heavy (non-hydrogen) atoms. The van der Waals surface area contributed by atoms with Gasteiger partial charge in [-0.1, -0.05) is 31.2 Å². The second-order valence-electron chi connectivity index (χ2n) is 7.20. The van der Waals surface area contributed by atoms with E-state index in [4.69, 9.17) is 0 Å². The van der Waals surface area contributed by atoms with Gasteiger partial charge in [0.25, 0.3) is 0 Å². The standard InChI is InChI=1S/C20H28N2O/c1-16-5-4-12-22(14-16)15-18-8-10-19(11-9-18)21-20(23)13-17-6-2-3-7-17/h2,6,8-11,16-17H,3-5,7,12-15H2,1H3,(H,21,23)/t16-,17-/m1/s1. The van der Waals surface area contributed by atoms with Gasteiger partial charge in [0.1, 0.15) is 0 Å². The maximum atomic E-state index is 12.1. The summed E-state index contributed by atoms with van der Waals surface area (Å²) >= 11 is 0. The first-order valence-electron chi connectivity index (χ1n) is 8.97.